The van der Waals surface area contributed by atoms with E-state index in [2.05, 4.69) is 47.4 Å². The van der Waals surface area contributed by atoms with Crippen LogP contribution in [0.5, 0.6) is 0 Å². The maximum atomic E-state index is 14.3. The standard InChI is InChI=1S/C44H48F2N12O5/c1-52-39-26(4-2-6-34(39)58(44(52)62)35-11-12-37(59)50-43(35)61)5-3-14-54-28-16-29(54)21-53(20-28)19-25-7-9-27(10-8-25)57-23-33(38(51-57)40(45)46)48-42(60)32-18-47-56-15-13-36(49-41(32)56)55-22-31-17-30(55)24-63-31/h2,4,6,13,15,18,23,25,27-31,35,40H,7-12,14,16-17,19-22,24H2,1H3,(H,48,60)(H,50,59,61)/t25?,27?,28?,29?,30-,31-,35?/m1/s1. The summed E-state index contributed by atoms with van der Waals surface area (Å²) in [6, 6.07) is 7.71. The number of amides is 3. The predicted octanol–water partition coefficient (Wildman–Crippen LogP) is 3.27. The third-order valence-electron chi connectivity index (χ3n) is 14.2. The molecule has 19 heteroatoms. The molecule has 6 aliphatic heterocycles. The number of benzene rings is 1. The van der Waals surface area contributed by atoms with Crippen LogP contribution >= 0.6 is 0 Å². The molecule has 10 heterocycles. The van der Waals surface area contributed by atoms with Gasteiger partial charge in [0.05, 0.1) is 59.8 Å². The molecule has 7 fully saturated rings. The summed E-state index contributed by atoms with van der Waals surface area (Å²) in [7, 11) is 1.68. The minimum Gasteiger partial charge on any atom is -0.374 e. The zero-order chi connectivity index (χ0) is 43.1. The number of aromatic nitrogens is 7. The Hall–Kier alpha value is -5.97. The van der Waals surface area contributed by atoms with Crippen molar-refractivity contribution < 1.29 is 27.9 Å². The summed E-state index contributed by atoms with van der Waals surface area (Å²) in [5.74, 6) is 6.54. The van der Waals surface area contributed by atoms with E-state index in [1.165, 1.54) is 19.8 Å². The number of rotatable bonds is 9. The number of piperidine rings is 2. The highest BCUT2D eigenvalue weighted by atomic mass is 19.3. The van der Waals surface area contributed by atoms with Crippen LogP contribution in [-0.2, 0) is 21.4 Å². The number of anilines is 2. The summed E-state index contributed by atoms with van der Waals surface area (Å²) in [5.41, 5.74) is 1.80. The zero-order valence-corrected chi connectivity index (χ0v) is 34.8. The van der Waals surface area contributed by atoms with E-state index in [1.54, 1.807) is 24.1 Å². The Bertz CT molecular complexity index is 2760. The number of piperazine rings is 1. The van der Waals surface area contributed by atoms with Gasteiger partial charge in [0.25, 0.3) is 12.3 Å². The van der Waals surface area contributed by atoms with Gasteiger partial charge in [-0.15, -0.1) is 0 Å². The Morgan fingerprint density at radius 2 is 1.84 bits per heavy atom. The van der Waals surface area contributed by atoms with Gasteiger partial charge in [0, 0.05) is 64.1 Å². The van der Waals surface area contributed by atoms with E-state index in [1.807, 2.05) is 24.3 Å². The van der Waals surface area contributed by atoms with Gasteiger partial charge in [0.15, 0.2) is 11.3 Å². The molecule has 12 rings (SSSR count). The number of imidazole rings is 1. The predicted molar refractivity (Wildman–Crippen MR) is 225 cm³/mol. The lowest BCUT2D eigenvalue weighted by atomic mass is 9.83. The van der Waals surface area contributed by atoms with Gasteiger partial charge in [-0.05, 0) is 69.1 Å². The number of para-hydroxylation sites is 1. The van der Waals surface area contributed by atoms with Crippen LogP contribution in [0.4, 0.5) is 20.3 Å². The number of hydrogen-bond donors (Lipinski definition) is 2. The molecule has 5 aromatic rings. The van der Waals surface area contributed by atoms with E-state index in [-0.39, 0.29) is 53.9 Å². The number of alkyl halides is 2. The Kier molecular flexibility index (Phi) is 9.92. The normalized spacial score (nSPS) is 27.2. The van der Waals surface area contributed by atoms with Gasteiger partial charge in [-0.1, -0.05) is 17.9 Å². The Morgan fingerprint density at radius 1 is 1.02 bits per heavy atom. The van der Waals surface area contributed by atoms with E-state index in [4.69, 9.17) is 9.72 Å². The van der Waals surface area contributed by atoms with E-state index in [0.29, 0.717) is 47.8 Å². The molecule has 328 valence electrons. The molecule has 3 amide bonds. The van der Waals surface area contributed by atoms with Crippen molar-refractivity contribution in [3.05, 3.63) is 70.2 Å². The van der Waals surface area contributed by atoms with Crippen molar-refractivity contribution in [2.24, 2.45) is 13.0 Å². The lowest BCUT2D eigenvalue weighted by Gasteiger charge is -2.56. The second-order valence-corrected chi connectivity index (χ2v) is 18.0. The molecule has 2 N–H and O–H groups in total. The number of aryl methyl sites for hydroxylation is 1. The largest absolute Gasteiger partial charge is 0.374 e. The number of nitrogens with one attached hydrogen (secondary N) is 2. The quantitative estimate of drug-likeness (QED) is 0.165. The van der Waals surface area contributed by atoms with Gasteiger partial charge >= 0.3 is 5.69 Å². The Balaban J connectivity index is 0.689. The van der Waals surface area contributed by atoms with Crippen LogP contribution in [0.2, 0.25) is 0 Å². The fraction of sp³-hybridized carbons (Fsp3) is 0.523. The van der Waals surface area contributed by atoms with Crippen molar-refractivity contribution in [2.75, 3.05) is 49.5 Å². The second-order valence-electron chi connectivity index (χ2n) is 18.0. The van der Waals surface area contributed by atoms with E-state index in [0.717, 1.165) is 76.1 Å². The van der Waals surface area contributed by atoms with Crippen LogP contribution in [0.1, 0.15) is 91.5 Å². The summed E-state index contributed by atoms with van der Waals surface area (Å²) >= 11 is 0. The Morgan fingerprint density at radius 3 is 2.59 bits per heavy atom. The highest BCUT2D eigenvalue weighted by molar-refractivity contribution is 6.08. The monoisotopic (exact) mass is 862 g/mol. The lowest BCUT2D eigenvalue weighted by molar-refractivity contribution is -0.135. The van der Waals surface area contributed by atoms with Crippen molar-refractivity contribution in [1.82, 2.24) is 48.6 Å². The maximum Gasteiger partial charge on any atom is 0.329 e. The van der Waals surface area contributed by atoms with Crippen molar-refractivity contribution in [3.63, 3.8) is 0 Å². The first-order valence-corrected chi connectivity index (χ1v) is 22.0. The molecule has 0 radical (unpaired) electrons. The van der Waals surface area contributed by atoms with Gasteiger partial charge in [-0.2, -0.15) is 10.2 Å². The second kappa shape index (κ2) is 15.7. The molecule has 1 aromatic carbocycles. The number of carbonyl (C=O) groups excluding carboxylic acids is 3. The minimum atomic E-state index is -2.86. The molecule has 4 aromatic heterocycles. The molecule has 4 bridgehead atoms. The SMILES string of the molecule is Cn1c(=O)n(C2CCC(=O)NC2=O)c2cccc(C#CCN3C4CC3CN(CC3CCC(n5cc(NC(=O)c6cnn7ccc(N8C[C@H]9C[C@@H]8CO9)nc67)c(C(F)F)n5)CC3)C4)c21. The van der Waals surface area contributed by atoms with Crippen molar-refractivity contribution in [2.45, 2.75) is 94.1 Å². The fourth-order valence-corrected chi connectivity index (χ4v) is 11.0. The highest BCUT2D eigenvalue weighted by Crippen LogP contribution is 2.38. The lowest BCUT2D eigenvalue weighted by Crippen LogP contribution is -2.68. The fourth-order valence-electron chi connectivity index (χ4n) is 11.0. The van der Waals surface area contributed by atoms with Gasteiger partial charge in [0.2, 0.25) is 11.8 Å². The first-order valence-electron chi connectivity index (χ1n) is 22.0. The third kappa shape index (κ3) is 7.08. The van der Waals surface area contributed by atoms with Crippen molar-refractivity contribution in [1.29, 1.82) is 0 Å². The van der Waals surface area contributed by atoms with Gasteiger partial charge in [-0.25, -0.2) is 23.1 Å². The summed E-state index contributed by atoms with van der Waals surface area (Å²) in [5, 5.41) is 13.7. The summed E-state index contributed by atoms with van der Waals surface area (Å²) < 4.78 is 40.5. The topological polar surface area (TPSA) is 169 Å². The number of hydrogen-bond acceptors (Lipinski definition) is 11. The first kappa shape index (κ1) is 39.8. The number of carbonyl (C=O) groups is 3. The molecule has 1 saturated carbocycles. The van der Waals surface area contributed by atoms with E-state index >= 15 is 0 Å². The van der Waals surface area contributed by atoms with Crippen LogP contribution in [0, 0.1) is 17.8 Å². The van der Waals surface area contributed by atoms with Gasteiger partial charge < -0.3 is 15.0 Å². The van der Waals surface area contributed by atoms with Crippen LogP contribution in [0.15, 0.2) is 47.7 Å². The summed E-state index contributed by atoms with van der Waals surface area (Å²) in [6.45, 7) is 4.92. The summed E-state index contributed by atoms with van der Waals surface area (Å²) in [6.07, 6.45) is 8.10. The van der Waals surface area contributed by atoms with Crippen LogP contribution < -0.4 is 21.2 Å². The molecule has 0 spiro atoms. The molecular weight excluding hydrogens is 815 g/mol. The van der Waals surface area contributed by atoms with Crippen molar-refractivity contribution >= 4 is 45.9 Å². The third-order valence-corrected chi connectivity index (χ3v) is 14.2. The van der Waals surface area contributed by atoms with Crippen LogP contribution in [0.25, 0.3) is 16.7 Å². The molecule has 7 aliphatic rings. The first-order chi connectivity index (χ1) is 30.6. The van der Waals surface area contributed by atoms with E-state index in [9.17, 15) is 28.0 Å². The average Bonchev–Trinajstić information content (AvgIpc) is 4.13. The highest BCUT2D eigenvalue weighted by Gasteiger charge is 2.45. The Labute approximate surface area is 360 Å². The number of ether oxygens (including phenoxy) is 1. The number of fused-ring (bicyclic) bond motifs is 6. The van der Waals surface area contributed by atoms with Crippen molar-refractivity contribution in [3.8, 4) is 11.8 Å². The van der Waals surface area contributed by atoms with E-state index < -0.39 is 30.0 Å². The van der Waals surface area contributed by atoms with Gasteiger partial charge in [0.1, 0.15) is 17.4 Å². The number of halogens is 2. The number of imide groups is 1. The van der Waals surface area contributed by atoms with Gasteiger partial charge in [-0.3, -0.25) is 43.3 Å². The molecular formula is C44H48F2N12O5. The smallest absolute Gasteiger partial charge is 0.329 e. The minimum absolute atomic E-state index is 0.00467. The van der Waals surface area contributed by atoms with Crippen LogP contribution in [-0.4, -0.2) is 125 Å². The molecule has 63 heavy (non-hydrogen) atoms. The summed E-state index contributed by atoms with van der Waals surface area (Å²) in [4.78, 5) is 63.2. The van der Waals surface area contributed by atoms with Crippen LogP contribution in [0.3, 0.4) is 0 Å². The maximum absolute atomic E-state index is 14.3. The molecule has 17 nitrogen and oxygen atoms in total. The molecule has 5 atom stereocenters. The number of nitrogens with zero attached hydrogens (tertiary/aromatic N) is 10. The molecule has 6 saturated heterocycles. The zero-order valence-electron chi connectivity index (χ0n) is 34.8. The average molecular weight is 863 g/mol. The molecule has 1 aliphatic carbocycles. The number of morpholine rings is 1. The molecule has 3 unspecified atom stereocenters.